The minimum absolute atomic E-state index is 0.218. The van der Waals surface area contributed by atoms with Crippen molar-refractivity contribution < 1.29 is 9.59 Å². The molecule has 1 aromatic rings. The first-order chi connectivity index (χ1) is 7.59. The van der Waals surface area contributed by atoms with Crippen molar-refractivity contribution in [3.05, 3.63) is 33.8 Å². The van der Waals surface area contributed by atoms with Gasteiger partial charge in [-0.3, -0.25) is 10.1 Å². The molecule has 0 saturated carbocycles. The summed E-state index contributed by atoms with van der Waals surface area (Å²) in [5, 5.41) is 5.03. The van der Waals surface area contributed by atoms with Crippen molar-refractivity contribution in [3.63, 3.8) is 0 Å². The van der Waals surface area contributed by atoms with Crippen molar-refractivity contribution in [2.45, 2.75) is 18.4 Å². The third kappa shape index (κ3) is 1.28. The van der Waals surface area contributed by atoms with Gasteiger partial charge in [-0.1, -0.05) is 22.0 Å². The van der Waals surface area contributed by atoms with Crippen LogP contribution in [0.3, 0.4) is 0 Å². The molecule has 0 bridgehead atoms. The molecule has 1 aliphatic carbocycles. The van der Waals surface area contributed by atoms with E-state index in [4.69, 9.17) is 0 Å². The molecule has 3 amide bonds. The molecule has 1 atom stereocenters. The molecule has 3 rings (SSSR count). The molecule has 16 heavy (non-hydrogen) atoms. The van der Waals surface area contributed by atoms with Gasteiger partial charge < -0.3 is 5.32 Å². The molecule has 4 nitrogen and oxygen atoms in total. The van der Waals surface area contributed by atoms with Gasteiger partial charge in [0.1, 0.15) is 5.54 Å². The first-order valence-electron chi connectivity index (χ1n) is 5.00. The Morgan fingerprint density at radius 2 is 1.94 bits per heavy atom. The van der Waals surface area contributed by atoms with Crippen LogP contribution in [-0.4, -0.2) is 17.5 Å². The molecule has 0 radical (unpaired) electrons. The number of halogens is 1. The zero-order valence-electron chi connectivity index (χ0n) is 8.34. The Hall–Kier alpha value is -1.36. The van der Waals surface area contributed by atoms with Crippen LogP contribution >= 0.6 is 15.9 Å². The Morgan fingerprint density at radius 3 is 2.62 bits per heavy atom. The predicted octanol–water partition coefficient (Wildman–Crippen LogP) is 1.13. The average molecular weight is 281 g/mol. The molecule has 2 N–H and O–H groups in total. The summed E-state index contributed by atoms with van der Waals surface area (Å²) in [7, 11) is 0. The predicted molar refractivity (Wildman–Crippen MR) is 61.0 cm³/mol. The Balaban J connectivity index is 2.01. The lowest BCUT2D eigenvalue weighted by Gasteiger charge is -2.18. The summed E-state index contributed by atoms with van der Waals surface area (Å²) in [6.07, 6.45) is 1.15. The van der Waals surface area contributed by atoms with Crippen LogP contribution in [0.2, 0.25) is 0 Å². The lowest BCUT2D eigenvalue weighted by atomic mass is 9.96. The fourth-order valence-electron chi connectivity index (χ4n) is 2.42. The van der Waals surface area contributed by atoms with Gasteiger partial charge in [-0.25, -0.2) is 4.79 Å². The number of carbonyl (C=O) groups excluding carboxylic acids is 2. The van der Waals surface area contributed by atoms with Gasteiger partial charge in [-0.15, -0.1) is 0 Å². The lowest BCUT2D eigenvalue weighted by Crippen LogP contribution is -2.47. The van der Waals surface area contributed by atoms with Gasteiger partial charge in [0.25, 0.3) is 5.91 Å². The van der Waals surface area contributed by atoms with Gasteiger partial charge in [-0.05, 0) is 23.3 Å². The monoisotopic (exact) mass is 280 g/mol. The Kier molecular flexibility index (Phi) is 1.89. The first-order valence-corrected chi connectivity index (χ1v) is 5.79. The number of benzene rings is 1. The van der Waals surface area contributed by atoms with Crippen molar-refractivity contribution in [1.82, 2.24) is 10.6 Å². The number of carbonyl (C=O) groups is 2. The Morgan fingerprint density at radius 1 is 1.19 bits per heavy atom. The van der Waals surface area contributed by atoms with Gasteiger partial charge in [-0.2, -0.15) is 0 Å². The standard InChI is InChI=1S/C11H9BrN2O2/c12-8-2-1-6-4-11(5-7(6)3-8)9(15)13-10(16)14-11/h1-3H,4-5H2,(H2,13,14,15,16)/t11-/m0/s1. The van der Waals surface area contributed by atoms with Gasteiger partial charge in [0.05, 0.1) is 0 Å². The molecule has 1 aliphatic heterocycles. The Labute approximate surface area is 101 Å². The fraction of sp³-hybridized carbons (Fsp3) is 0.273. The number of nitrogens with one attached hydrogen (secondary N) is 2. The van der Waals surface area contributed by atoms with Crippen molar-refractivity contribution in [2.75, 3.05) is 0 Å². The maximum Gasteiger partial charge on any atom is 0.322 e. The summed E-state index contributed by atoms with van der Waals surface area (Å²) in [6.45, 7) is 0. The van der Waals surface area contributed by atoms with E-state index in [0.717, 1.165) is 15.6 Å². The molecule has 1 aromatic carbocycles. The summed E-state index contributed by atoms with van der Waals surface area (Å²) in [5.74, 6) is -0.218. The van der Waals surface area contributed by atoms with Crippen molar-refractivity contribution in [1.29, 1.82) is 0 Å². The van der Waals surface area contributed by atoms with E-state index in [1.165, 1.54) is 0 Å². The van der Waals surface area contributed by atoms with E-state index in [-0.39, 0.29) is 5.91 Å². The van der Waals surface area contributed by atoms with Gasteiger partial charge in [0.2, 0.25) is 0 Å². The number of fused-ring (bicyclic) bond motifs is 1. The van der Waals surface area contributed by atoms with Crippen molar-refractivity contribution in [2.24, 2.45) is 0 Å². The van der Waals surface area contributed by atoms with E-state index >= 15 is 0 Å². The van der Waals surface area contributed by atoms with E-state index in [9.17, 15) is 9.59 Å². The maximum atomic E-state index is 11.8. The molecule has 5 heteroatoms. The molecule has 2 aliphatic rings. The molecule has 0 aromatic heterocycles. The van der Waals surface area contributed by atoms with Crippen LogP contribution in [0.15, 0.2) is 22.7 Å². The second-order valence-corrected chi connectivity index (χ2v) is 5.17. The zero-order chi connectivity index (χ0) is 11.3. The van der Waals surface area contributed by atoms with E-state index in [1.54, 1.807) is 0 Å². The molecular formula is C11H9BrN2O2. The van der Waals surface area contributed by atoms with Gasteiger partial charge in [0, 0.05) is 17.3 Å². The first kappa shape index (κ1) is 9.84. The Bertz CT molecular complexity index is 515. The highest BCUT2D eigenvalue weighted by Gasteiger charge is 2.49. The minimum atomic E-state index is -0.750. The zero-order valence-corrected chi connectivity index (χ0v) is 9.93. The molecule has 1 heterocycles. The van der Waals surface area contributed by atoms with Crippen LogP contribution in [0.1, 0.15) is 11.1 Å². The lowest BCUT2D eigenvalue weighted by molar-refractivity contribution is -0.123. The van der Waals surface area contributed by atoms with Crippen molar-refractivity contribution in [3.8, 4) is 0 Å². The van der Waals surface area contributed by atoms with Crippen LogP contribution < -0.4 is 10.6 Å². The molecule has 1 fully saturated rings. The van der Waals surface area contributed by atoms with E-state index in [0.29, 0.717) is 12.8 Å². The second kappa shape index (κ2) is 3.07. The number of imide groups is 1. The second-order valence-electron chi connectivity index (χ2n) is 4.26. The van der Waals surface area contributed by atoms with Gasteiger partial charge in [0.15, 0.2) is 0 Å². The SMILES string of the molecule is O=C1NC(=O)[C@@]2(Cc3ccc(Br)cc3C2)N1. The van der Waals surface area contributed by atoms with Crippen LogP contribution in [-0.2, 0) is 17.6 Å². The summed E-state index contributed by atoms with van der Waals surface area (Å²) >= 11 is 3.40. The topological polar surface area (TPSA) is 58.2 Å². The molecular weight excluding hydrogens is 272 g/mol. The number of amides is 3. The summed E-state index contributed by atoms with van der Waals surface area (Å²) in [6, 6.07) is 5.55. The quantitative estimate of drug-likeness (QED) is 0.700. The number of urea groups is 1. The maximum absolute atomic E-state index is 11.8. The van der Waals surface area contributed by atoms with Gasteiger partial charge >= 0.3 is 6.03 Å². The third-order valence-corrected chi connectivity index (χ3v) is 3.66. The highest BCUT2D eigenvalue weighted by Crippen LogP contribution is 2.33. The summed E-state index contributed by atoms with van der Waals surface area (Å²) in [4.78, 5) is 22.9. The molecule has 1 spiro atoms. The largest absolute Gasteiger partial charge is 0.323 e. The minimum Gasteiger partial charge on any atom is -0.323 e. The molecule has 82 valence electrons. The third-order valence-electron chi connectivity index (χ3n) is 3.17. The van der Waals surface area contributed by atoms with Crippen LogP contribution in [0.5, 0.6) is 0 Å². The highest BCUT2D eigenvalue weighted by atomic mass is 79.9. The van der Waals surface area contributed by atoms with E-state index in [2.05, 4.69) is 26.6 Å². The van der Waals surface area contributed by atoms with E-state index < -0.39 is 11.6 Å². The van der Waals surface area contributed by atoms with Crippen LogP contribution in [0.4, 0.5) is 4.79 Å². The van der Waals surface area contributed by atoms with Crippen molar-refractivity contribution >= 4 is 27.9 Å². The average Bonchev–Trinajstić information content (AvgIpc) is 2.67. The highest BCUT2D eigenvalue weighted by molar-refractivity contribution is 9.10. The number of hydrogen-bond donors (Lipinski definition) is 2. The normalized spacial score (nSPS) is 26.8. The number of hydrogen-bond acceptors (Lipinski definition) is 2. The molecule has 0 unspecified atom stereocenters. The smallest absolute Gasteiger partial charge is 0.322 e. The van der Waals surface area contributed by atoms with Crippen LogP contribution in [0, 0.1) is 0 Å². The molecule has 1 saturated heterocycles. The summed E-state index contributed by atoms with van der Waals surface area (Å²) < 4.78 is 0.994. The fourth-order valence-corrected chi connectivity index (χ4v) is 2.83. The van der Waals surface area contributed by atoms with E-state index in [1.807, 2.05) is 18.2 Å². The number of rotatable bonds is 0. The summed E-state index contributed by atoms with van der Waals surface area (Å²) in [5.41, 5.74) is 1.49. The van der Waals surface area contributed by atoms with Crippen LogP contribution in [0.25, 0.3) is 0 Å².